The van der Waals surface area contributed by atoms with Crippen molar-refractivity contribution in [3.63, 3.8) is 0 Å². The Bertz CT molecular complexity index is 1070. The van der Waals surface area contributed by atoms with E-state index in [0.29, 0.717) is 5.52 Å². The fourth-order valence-electron chi connectivity index (χ4n) is 2.86. The number of benzene rings is 1. The molecule has 28 heavy (non-hydrogen) atoms. The quantitative estimate of drug-likeness (QED) is 0.718. The lowest BCUT2D eigenvalue weighted by atomic mass is 10.1. The molecule has 2 amide bonds. The maximum atomic E-state index is 13.2. The molecule has 1 aromatic carbocycles. The Kier molecular flexibility index (Phi) is 4.29. The SMILES string of the molecule is O=C(NC1CC1)c1nc(C(=O)Nc2ccccc2C(F)(F)F)n2ccccc12. The molecule has 0 radical (unpaired) electrons. The molecule has 2 heterocycles. The Morgan fingerprint density at radius 1 is 1.04 bits per heavy atom. The van der Waals surface area contributed by atoms with Gasteiger partial charge in [0.15, 0.2) is 5.69 Å². The van der Waals surface area contributed by atoms with Crippen LogP contribution in [-0.4, -0.2) is 27.2 Å². The number of carbonyl (C=O) groups is 2. The average molecular weight is 388 g/mol. The number of halogens is 3. The Labute approximate surface area is 157 Å². The maximum Gasteiger partial charge on any atom is 0.418 e. The zero-order valence-corrected chi connectivity index (χ0v) is 14.5. The lowest BCUT2D eigenvalue weighted by Gasteiger charge is -2.13. The van der Waals surface area contributed by atoms with Gasteiger partial charge in [-0.05, 0) is 37.1 Å². The van der Waals surface area contributed by atoms with Gasteiger partial charge >= 0.3 is 6.18 Å². The number of fused-ring (bicyclic) bond motifs is 1. The molecule has 0 bridgehead atoms. The first kappa shape index (κ1) is 18.0. The van der Waals surface area contributed by atoms with Crippen LogP contribution in [0.5, 0.6) is 0 Å². The Morgan fingerprint density at radius 3 is 2.46 bits per heavy atom. The number of hydrogen-bond donors (Lipinski definition) is 2. The number of hydrogen-bond acceptors (Lipinski definition) is 3. The highest BCUT2D eigenvalue weighted by Crippen LogP contribution is 2.34. The summed E-state index contributed by atoms with van der Waals surface area (Å²) in [7, 11) is 0. The first-order valence-electron chi connectivity index (χ1n) is 8.60. The van der Waals surface area contributed by atoms with Gasteiger partial charge in [-0.15, -0.1) is 0 Å². The van der Waals surface area contributed by atoms with Gasteiger partial charge in [0, 0.05) is 12.2 Å². The summed E-state index contributed by atoms with van der Waals surface area (Å²) >= 11 is 0. The minimum absolute atomic E-state index is 0.0572. The van der Waals surface area contributed by atoms with Gasteiger partial charge in [-0.2, -0.15) is 13.2 Å². The molecule has 0 atom stereocenters. The number of alkyl halides is 3. The summed E-state index contributed by atoms with van der Waals surface area (Å²) in [6, 6.07) is 9.72. The third kappa shape index (κ3) is 3.42. The van der Waals surface area contributed by atoms with Crippen LogP contribution in [0.25, 0.3) is 5.52 Å². The highest BCUT2D eigenvalue weighted by Gasteiger charge is 2.34. The first-order valence-corrected chi connectivity index (χ1v) is 8.60. The zero-order chi connectivity index (χ0) is 19.9. The number of anilines is 1. The van der Waals surface area contributed by atoms with E-state index in [0.717, 1.165) is 25.0 Å². The predicted octanol–water partition coefficient (Wildman–Crippen LogP) is 3.50. The molecular weight excluding hydrogens is 373 g/mol. The van der Waals surface area contributed by atoms with Crippen molar-refractivity contribution in [3.8, 4) is 0 Å². The van der Waals surface area contributed by atoms with E-state index >= 15 is 0 Å². The molecule has 1 fully saturated rings. The minimum Gasteiger partial charge on any atom is -0.348 e. The lowest BCUT2D eigenvalue weighted by Crippen LogP contribution is -2.26. The minimum atomic E-state index is -4.62. The lowest BCUT2D eigenvalue weighted by molar-refractivity contribution is -0.136. The van der Waals surface area contributed by atoms with Crippen LogP contribution in [0.1, 0.15) is 39.5 Å². The Hall–Kier alpha value is -3.36. The van der Waals surface area contributed by atoms with Gasteiger partial charge in [0.05, 0.1) is 16.8 Å². The molecule has 2 N–H and O–H groups in total. The predicted molar refractivity (Wildman–Crippen MR) is 95.1 cm³/mol. The number of imidazole rings is 1. The van der Waals surface area contributed by atoms with E-state index in [1.165, 1.54) is 22.7 Å². The standard InChI is InChI=1S/C19H15F3N4O2/c20-19(21,22)12-5-1-2-6-13(12)24-18(28)16-25-15(17(27)23-11-8-9-11)14-7-3-4-10-26(14)16/h1-7,10-11H,8-9H2,(H,23,27)(H,24,28). The molecule has 1 aliphatic carbocycles. The summed E-state index contributed by atoms with van der Waals surface area (Å²) in [6.45, 7) is 0. The van der Waals surface area contributed by atoms with Crippen molar-refractivity contribution >= 4 is 23.0 Å². The van der Waals surface area contributed by atoms with Gasteiger partial charge < -0.3 is 10.6 Å². The third-order valence-corrected chi connectivity index (χ3v) is 4.36. The molecule has 2 aromatic heterocycles. The van der Waals surface area contributed by atoms with Gasteiger partial charge in [0.1, 0.15) is 0 Å². The van der Waals surface area contributed by atoms with E-state index in [1.54, 1.807) is 18.2 Å². The van der Waals surface area contributed by atoms with Crippen molar-refractivity contribution in [1.82, 2.24) is 14.7 Å². The van der Waals surface area contributed by atoms with Crippen molar-refractivity contribution in [2.24, 2.45) is 0 Å². The number of pyridine rings is 1. The van der Waals surface area contributed by atoms with E-state index in [-0.39, 0.29) is 23.2 Å². The number of amides is 2. The molecule has 144 valence electrons. The molecule has 1 saturated carbocycles. The fraction of sp³-hybridized carbons (Fsp3) is 0.211. The normalized spacial score (nSPS) is 14.1. The van der Waals surface area contributed by atoms with Crippen molar-refractivity contribution in [3.05, 3.63) is 65.7 Å². The molecule has 9 heteroatoms. The number of rotatable bonds is 4. The number of aromatic nitrogens is 2. The fourth-order valence-corrected chi connectivity index (χ4v) is 2.86. The van der Waals surface area contributed by atoms with Crippen LogP contribution in [0, 0.1) is 0 Å². The molecule has 0 unspecified atom stereocenters. The summed E-state index contributed by atoms with van der Waals surface area (Å²) in [5.74, 6) is -1.43. The number of nitrogens with one attached hydrogen (secondary N) is 2. The summed E-state index contributed by atoms with van der Waals surface area (Å²) in [5.41, 5.74) is -0.885. The van der Waals surface area contributed by atoms with Crippen molar-refractivity contribution in [2.75, 3.05) is 5.32 Å². The van der Waals surface area contributed by atoms with Crippen LogP contribution >= 0.6 is 0 Å². The molecule has 0 aliphatic heterocycles. The highest BCUT2D eigenvalue weighted by atomic mass is 19.4. The highest BCUT2D eigenvalue weighted by molar-refractivity contribution is 6.06. The summed E-state index contributed by atoms with van der Waals surface area (Å²) in [4.78, 5) is 29.2. The molecule has 0 saturated heterocycles. The second-order valence-electron chi connectivity index (χ2n) is 6.49. The van der Waals surface area contributed by atoms with Crippen LogP contribution in [0.4, 0.5) is 18.9 Å². The third-order valence-electron chi connectivity index (χ3n) is 4.36. The van der Waals surface area contributed by atoms with Crippen LogP contribution in [0.15, 0.2) is 48.7 Å². The van der Waals surface area contributed by atoms with E-state index < -0.39 is 23.6 Å². The van der Waals surface area contributed by atoms with Gasteiger partial charge in [0.2, 0.25) is 5.82 Å². The summed E-state index contributed by atoms with van der Waals surface area (Å²) < 4.78 is 40.9. The second-order valence-corrected chi connectivity index (χ2v) is 6.49. The molecular formula is C19H15F3N4O2. The van der Waals surface area contributed by atoms with Crippen LogP contribution in [0.2, 0.25) is 0 Å². The smallest absolute Gasteiger partial charge is 0.348 e. The Balaban J connectivity index is 1.70. The van der Waals surface area contributed by atoms with Gasteiger partial charge in [-0.1, -0.05) is 18.2 Å². The number of para-hydroxylation sites is 1. The van der Waals surface area contributed by atoms with E-state index in [9.17, 15) is 22.8 Å². The molecule has 0 spiro atoms. The van der Waals surface area contributed by atoms with Crippen LogP contribution < -0.4 is 10.6 Å². The van der Waals surface area contributed by atoms with Crippen LogP contribution in [0.3, 0.4) is 0 Å². The second kappa shape index (κ2) is 6.66. The van der Waals surface area contributed by atoms with E-state index in [2.05, 4.69) is 15.6 Å². The molecule has 1 aliphatic rings. The van der Waals surface area contributed by atoms with Crippen molar-refractivity contribution in [2.45, 2.75) is 25.1 Å². The van der Waals surface area contributed by atoms with Crippen molar-refractivity contribution < 1.29 is 22.8 Å². The molecule has 3 aromatic rings. The van der Waals surface area contributed by atoms with Gasteiger partial charge in [0.25, 0.3) is 11.8 Å². The van der Waals surface area contributed by atoms with Crippen molar-refractivity contribution in [1.29, 1.82) is 0 Å². The first-order chi connectivity index (χ1) is 13.3. The number of carbonyl (C=O) groups excluding carboxylic acids is 2. The summed E-state index contributed by atoms with van der Waals surface area (Å²) in [5, 5.41) is 5.05. The molecule has 6 nitrogen and oxygen atoms in total. The average Bonchev–Trinajstić information content (AvgIpc) is 3.38. The van der Waals surface area contributed by atoms with Crippen LogP contribution in [-0.2, 0) is 6.18 Å². The van der Waals surface area contributed by atoms with E-state index in [1.807, 2.05) is 0 Å². The van der Waals surface area contributed by atoms with E-state index in [4.69, 9.17) is 0 Å². The van der Waals surface area contributed by atoms with Gasteiger partial charge in [-0.25, -0.2) is 4.98 Å². The monoisotopic (exact) mass is 388 g/mol. The maximum absolute atomic E-state index is 13.2. The largest absolute Gasteiger partial charge is 0.418 e. The zero-order valence-electron chi connectivity index (χ0n) is 14.5. The van der Waals surface area contributed by atoms with Gasteiger partial charge in [-0.3, -0.25) is 14.0 Å². The number of nitrogens with zero attached hydrogens (tertiary/aromatic N) is 2. The Morgan fingerprint density at radius 2 is 1.75 bits per heavy atom. The topological polar surface area (TPSA) is 75.5 Å². The summed E-state index contributed by atoms with van der Waals surface area (Å²) in [6.07, 6.45) is -1.31. The molecule has 4 rings (SSSR count).